The summed E-state index contributed by atoms with van der Waals surface area (Å²) < 4.78 is 7.46. The van der Waals surface area contributed by atoms with Crippen LogP contribution in [0, 0.1) is 0 Å². The molecule has 4 rings (SSSR count). The van der Waals surface area contributed by atoms with Gasteiger partial charge in [0.25, 0.3) is 0 Å². The minimum absolute atomic E-state index is 0.211. The highest BCUT2D eigenvalue weighted by atomic mass is 32.2. The van der Waals surface area contributed by atoms with Crippen molar-refractivity contribution in [3.05, 3.63) is 30.0 Å². The number of nitrogens with zero attached hydrogens (tertiary/aromatic N) is 3. The molecule has 2 aliphatic rings. The Bertz CT molecular complexity index is 795. The maximum Gasteiger partial charge on any atom is 0.321 e. The topological polar surface area (TPSA) is 102 Å². The fraction of sp³-hybridized carbons (Fsp3) is 0.529. The summed E-state index contributed by atoms with van der Waals surface area (Å²) in [5.74, 6) is 1.84. The summed E-state index contributed by atoms with van der Waals surface area (Å²) in [4.78, 5) is 24.0. The third-order valence-electron chi connectivity index (χ3n) is 4.38. The van der Waals surface area contributed by atoms with Crippen LogP contribution in [0.25, 0.3) is 0 Å². The number of imide groups is 1. The zero-order chi connectivity index (χ0) is 18.1. The van der Waals surface area contributed by atoms with E-state index in [0.717, 1.165) is 37.3 Å². The fourth-order valence-electron chi connectivity index (χ4n) is 2.61. The van der Waals surface area contributed by atoms with Gasteiger partial charge in [-0.1, -0.05) is 11.8 Å². The molecule has 1 unspecified atom stereocenters. The molecule has 8 nitrogen and oxygen atoms in total. The van der Waals surface area contributed by atoms with Gasteiger partial charge in [-0.05, 0) is 44.7 Å². The summed E-state index contributed by atoms with van der Waals surface area (Å²) in [6.07, 6.45) is 5.81. The third kappa shape index (κ3) is 4.09. The van der Waals surface area contributed by atoms with Crippen LogP contribution in [-0.4, -0.2) is 38.0 Å². The largest absolute Gasteiger partial charge is 0.467 e. The number of furan rings is 1. The van der Waals surface area contributed by atoms with Gasteiger partial charge in [0.15, 0.2) is 5.16 Å². The van der Waals surface area contributed by atoms with E-state index in [1.165, 1.54) is 11.8 Å². The van der Waals surface area contributed by atoms with Crippen molar-refractivity contribution in [2.45, 2.75) is 61.5 Å². The Morgan fingerprint density at radius 1 is 1.35 bits per heavy atom. The monoisotopic (exact) mass is 375 g/mol. The van der Waals surface area contributed by atoms with Gasteiger partial charge in [0.2, 0.25) is 5.91 Å². The Kier molecular flexibility index (Phi) is 4.71. The molecule has 1 atom stereocenters. The molecule has 0 bridgehead atoms. The number of carbonyl (C=O) groups excluding carboxylic acids is 2. The van der Waals surface area contributed by atoms with Gasteiger partial charge < -0.3 is 9.73 Å². The van der Waals surface area contributed by atoms with Gasteiger partial charge >= 0.3 is 6.03 Å². The number of aromatic nitrogens is 3. The molecular weight excluding hydrogens is 354 g/mol. The second-order valence-electron chi connectivity index (χ2n) is 6.78. The molecule has 2 N–H and O–H groups in total. The van der Waals surface area contributed by atoms with Crippen LogP contribution in [0.5, 0.6) is 0 Å². The van der Waals surface area contributed by atoms with Crippen molar-refractivity contribution in [2.24, 2.45) is 0 Å². The summed E-state index contributed by atoms with van der Waals surface area (Å²) in [5.41, 5.74) is 0. The van der Waals surface area contributed by atoms with Crippen LogP contribution in [0.15, 0.2) is 28.0 Å². The average molecular weight is 375 g/mol. The first-order chi connectivity index (χ1) is 12.6. The molecule has 2 aromatic heterocycles. The van der Waals surface area contributed by atoms with E-state index in [1.807, 2.05) is 16.7 Å². The minimum Gasteiger partial charge on any atom is -0.467 e. The molecular formula is C17H21N5O3S. The van der Waals surface area contributed by atoms with Gasteiger partial charge in [-0.3, -0.25) is 14.7 Å². The summed E-state index contributed by atoms with van der Waals surface area (Å²) in [5, 5.41) is 13.9. The van der Waals surface area contributed by atoms with Gasteiger partial charge in [0.1, 0.15) is 11.6 Å². The molecule has 0 aliphatic heterocycles. The SMILES string of the molecule is CC(Sc1nnc(C2CC2)n1Cc1ccco1)C(=O)NC(=O)NC1CC1. The predicted octanol–water partition coefficient (Wildman–Crippen LogP) is 2.27. The van der Waals surface area contributed by atoms with Gasteiger partial charge in [-0.2, -0.15) is 0 Å². The molecule has 2 fully saturated rings. The second kappa shape index (κ2) is 7.14. The first-order valence-corrected chi connectivity index (χ1v) is 9.71. The summed E-state index contributed by atoms with van der Waals surface area (Å²) in [6, 6.07) is 3.53. The van der Waals surface area contributed by atoms with Gasteiger partial charge in [0, 0.05) is 12.0 Å². The average Bonchev–Trinajstić information content (AvgIpc) is 3.53. The lowest BCUT2D eigenvalue weighted by molar-refractivity contribution is -0.119. The van der Waals surface area contributed by atoms with Crippen LogP contribution in [-0.2, 0) is 11.3 Å². The number of hydrogen-bond donors (Lipinski definition) is 2. The number of thioether (sulfide) groups is 1. The minimum atomic E-state index is -0.466. The van der Waals surface area contributed by atoms with E-state index < -0.39 is 11.3 Å². The molecule has 3 amide bonds. The number of urea groups is 1. The standard InChI is InChI=1S/C17H21N5O3S/c1-10(15(23)19-16(24)18-12-6-7-12)26-17-21-20-14(11-4-5-11)22(17)9-13-3-2-8-25-13/h2-3,8,10-12H,4-7,9H2,1H3,(H2,18,19,23,24). The third-order valence-corrected chi connectivity index (χ3v) is 5.46. The molecule has 2 heterocycles. The van der Waals surface area contributed by atoms with E-state index in [2.05, 4.69) is 20.8 Å². The highest BCUT2D eigenvalue weighted by Gasteiger charge is 2.32. The van der Waals surface area contributed by atoms with Gasteiger partial charge in [-0.25, -0.2) is 4.79 Å². The molecule has 9 heteroatoms. The van der Waals surface area contributed by atoms with Crippen LogP contribution in [0.3, 0.4) is 0 Å². The van der Waals surface area contributed by atoms with Crippen molar-refractivity contribution in [2.75, 3.05) is 0 Å². The van der Waals surface area contributed by atoms with Crippen molar-refractivity contribution in [3.63, 3.8) is 0 Å². The normalized spacial score (nSPS) is 17.7. The number of rotatable bonds is 7. The summed E-state index contributed by atoms with van der Waals surface area (Å²) in [6.45, 7) is 2.29. The highest BCUT2D eigenvalue weighted by Crippen LogP contribution is 2.40. The Labute approximate surface area is 155 Å². The van der Waals surface area contributed by atoms with Crippen LogP contribution >= 0.6 is 11.8 Å². The first kappa shape index (κ1) is 17.1. The summed E-state index contributed by atoms with van der Waals surface area (Å²) >= 11 is 1.30. The van der Waals surface area contributed by atoms with E-state index in [1.54, 1.807) is 13.2 Å². The molecule has 0 spiro atoms. The lowest BCUT2D eigenvalue weighted by Gasteiger charge is -2.13. The van der Waals surface area contributed by atoms with Crippen LogP contribution in [0.4, 0.5) is 4.79 Å². The molecule has 26 heavy (non-hydrogen) atoms. The number of nitrogens with one attached hydrogen (secondary N) is 2. The Morgan fingerprint density at radius 3 is 2.81 bits per heavy atom. The van der Waals surface area contributed by atoms with Gasteiger partial charge in [0.05, 0.1) is 18.1 Å². The molecule has 138 valence electrons. The molecule has 2 aliphatic carbocycles. The Hall–Kier alpha value is -2.29. The van der Waals surface area contributed by atoms with Crippen molar-refractivity contribution >= 4 is 23.7 Å². The summed E-state index contributed by atoms with van der Waals surface area (Å²) in [7, 11) is 0. The Balaban J connectivity index is 1.43. The van der Waals surface area contributed by atoms with Crippen LogP contribution < -0.4 is 10.6 Å². The van der Waals surface area contributed by atoms with E-state index in [-0.39, 0.29) is 11.9 Å². The lowest BCUT2D eigenvalue weighted by atomic mass is 10.3. The van der Waals surface area contributed by atoms with Crippen molar-refractivity contribution in [1.29, 1.82) is 0 Å². The Morgan fingerprint density at radius 2 is 2.15 bits per heavy atom. The molecule has 0 aromatic carbocycles. The lowest BCUT2D eigenvalue weighted by Crippen LogP contribution is -2.43. The number of carbonyl (C=O) groups is 2. The smallest absolute Gasteiger partial charge is 0.321 e. The quantitative estimate of drug-likeness (QED) is 0.720. The van der Waals surface area contributed by atoms with E-state index in [0.29, 0.717) is 17.6 Å². The van der Waals surface area contributed by atoms with E-state index in [9.17, 15) is 9.59 Å². The zero-order valence-corrected chi connectivity index (χ0v) is 15.3. The van der Waals surface area contributed by atoms with Crippen LogP contribution in [0.2, 0.25) is 0 Å². The maximum atomic E-state index is 12.3. The van der Waals surface area contributed by atoms with Crippen molar-refractivity contribution in [1.82, 2.24) is 25.4 Å². The number of amides is 3. The molecule has 0 radical (unpaired) electrons. The molecule has 0 saturated heterocycles. The maximum absolute atomic E-state index is 12.3. The highest BCUT2D eigenvalue weighted by molar-refractivity contribution is 8.00. The van der Waals surface area contributed by atoms with Crippen LogP contribution in [0.1, 0.15) is 50.1 Å². The fourth-order valence-corrected chi connectivity index (χ4v) is 3.47. The second-order valence-corrected chi connectivity index (χ2v) is 8.09. The van der Waals surface area contributed by atoms with Gasteiger partial charge in [-0.15, -0.1) is 10.2 Å². The van der Waals surface area contributed by atoms with Crippen molar-refractivity contribution in [3.8, 4) is 0 Å². The molecule has 2 aromatic rings. The zero-order valence-electron chi connectivity index (χ0n) is 14.5. The first-order valence-electron chi connectivity index (χ1n) is 8.83. The van der Waals surface area contributed by atoms with E-state index >= 15 is 0 Å². The predicted molar refractivity (Wildman–Crippen MR) is 94.8 cm³/mol. The molecule has 2 saturated carbocycles. The van der Waals surface area contributed by atoms with E-state index in [4.69, 9.17) is 4.42 Å². The number of hydrogen-bond acceptors (Lipinski definition) is 6. The van der Waals surface area contributed by atoms with Crippen molar-refractivity contribution < 1.29 is 14.0 Å².